The van der Waals surface area contributed by atoms with Crippen molar-refractivity contribution in [2.45, 2.75) is 97.4 Å². The Morgan fingerprint density at radius 3 is 2.02 bits per heavy atom. The molecule has 0 saturated heterocycles. The third-order valence-electron chi connectivity index (χ3n) is 6.88. The van der Waals surface area contributed by atoms with E-state index in [1.807, 2.05) is 35.3 Å². The summed E-state index contributed by atoms with van der Waals surface area (Å²) in [5.41, 5.74) is 2.76. The zero-order chi connectivity index (χ0) is 29.3. The van der Waals surface area contributed by atoms with Gasteiger partial charge in [0.05, 0.1) is 24.2 Å². The second-order valence-corrected chi connectivity index (χ2v) is 12.8. The van der Waals surface area contributed by atoms with Crippen molar-refractivity contribution < 1.29 is 32.5 Å². The molecule has 226 valence electrons. The Hall–Kier alpha value is -2.54. The molecule has 9 heteroatoms. The lowest BCUT2D eigenvalue weighted by molar-refractivity contribution is -0.683. The maximum Gasteiger partial charge on any atom is 0.585 e. The van der Waals surface area contributed by atoms with Crippen molar-refractivity contribution in [3.05, 3.63) is 64.6 Å². The first-order valence-electron chi connectivity index (χ1n) is 15.0. The van der Waals surface area contributed by atoms with Gasteiger partial charge in [0, 0.05) is 0 Å². The van der Waals surface area contributed by atoms with Gasteiger partial charge in [-0.1, -0.05) is 107 Å². The lowest BCUT2D eigenvalue weighted by Gasteiger charge is -2.18. The molecule has 0 aliphatic heterocycles. The Labute approximate surface area is 250 Å². The molecule has 0 fully saturated rings. The molecular weight excluding hydrogens is 557 g/mol. The maximum absolute atomic E-state index is 13.0. The summed E-state index contributed by atoms with van der Waals surface area (Å²) in [6, 6.07) is 12.2. The van der Waals surface area contributed by atoms with E-state index in [1.165, 1.54) is 76.2 Å². The number of aromatic nitrogens is 1. The van der Waals surface area contributed by atoms with Crippen LogP contribution in [0.25, 0.3) is 0 Å². The van der Waals surface area contributed by atoms with Gasteiger partial charge in [-0.15, -0.1) is 0 Å². The third kappa shape index (κ3) is 12.1. The normalized spacial score (nSPS) is 12.6. The first-order chi connectivity index (χ1) is 19.9. The van der Waals surface area contributed by atoms with Crippen LogP contribution in [0.1, 0.15) is 94.4 Å². The first-order valence-corrected chi connectivity index (χ1v) is 17.3. The number of hydrogen-bond acceptors (Lipinski definition) is 6. The fraction of sp³-hybridized carbons (Fsp3) is 0.531. The van der Waals surface area contributed by atoms with Crippen LogP contribution in [0.2, 0.25) is 0 Å². The van der Waals surface area contributed by atoms with E-state index < -0.39 is 7.82 Å². The molecule has 3 rings (SSSR count). The van der Waals surface area contributed by atoms with Crippen LogP contribution in [-0.2, 0) is 11.1 Å². The summed E-state index contributed by atoms with van der Waals surface area (Å²) in [5.74, 6) is 1.11. The molecule has 1 unspecified atom stereocenters. The molecule has 7 nitrogen and oxygen atoms in total. The molecule has 1 atom stereocenters. The number of methoxy groups -OCH3 is 1. The Kier molecular flexibility index (Phi) is 14.5. The van der Waals surface area contributed by atoms with Crippen molar-refractivity contribution in [2.24, 2.45) is 0 Å². The minimum absolute atomic E-state index is 0.0887. The van der Waals surface area contributed by atoms with Gasteiger partial charge in [-0.25, -0.2) is 4.57 Å². The van der Waals surface area contributed by atoms with Crippen molar-refractivity contribution in [2.75, 3.05) is 13.7 Å². The van der Waals surface area contributed by atoms with Crippen molar-refractivity contribution in [3.8, 4) is 23.0 Å². The molecule has 0 spiro atoms. The highest BCUT2D eigenvalue weighted by molar-refractivity contribution is 7.48. The van der Waals surface area contributed by atoms with E-state index in [-0.39, 0.29) is 17.2 Å². The molecule has 0 amide bonds. The number of phosphoric ester groups is 1. The molecule has 2 aromatic carbocycles. The lowest BCUT2D eigenvalue weighted by Crippen LogP contribution is -2.31. The van der Waals surface area contributed by atoms with Crippen molar-refractivity contribution in [1.82, 2.24) is 0 Å². The predicted octanol–water partition coefficient (Wildman–Crippen LogP) is 9.04. The van der Waals surface area contributed by atoms with Crippen molar-refractivity contribution in [1.29, 1.82) is 0 Å². The second kappa shape index (κ2) is 18.1. The quantitative estimate of drug-likeness (QED) is 0.0743. The number of benzene rings is 2. The fourth-order valence-electron chi connectivity index (χ4n) is 4.72. The molecule has 3 aromatic rings. The van der Waals surface area contributed by atoms with Crippen LogP contribution in [0.4, 0.5) is 0 Å². The fourth-order valence-corrected chi connectivity index (χ4v) is 6.21. The summed E-state index contributed by atoms with van der Waals surface area (Å²) in [7, 11) is -3.04. The molecule has 41 heavy (non-hydrogen) atoms. The zero-order valence-electron chi connectivity index (χ0n) is 24.9. The number of unbranched alkanes of at least 4 members (excludes halogenated alkanes) is 11. The van der Waals surface area contributed by atoms with E-state index in [9.17, 15) is 9.46 Å². The number of hydrogen-bond donors (Lipinski definition) is 1. The van der Waals surface area contributed by atoms with Crippen LogP contribution in [0, 0.1) is 6.92 Å². The monoisotopic (exact) mass is 604 g/mol. The van der Waals surface area contributed by atoms with Gasteiger partial charge in [-0.2, -0.15) is 4.57 Å². The van der Waals surface area contributed by atoms with Gasteiger partial charge < -0.3 is 18.5 Å². The molecule has 1 heterocycles. The Bertz CT molecular complexity index is 1220. The first kappa shape index (κ1) is 33.0. The minimum atomic E-state index is -4.53. The molecule has 0 bridgehead atoms. The third-order valence-corrected chi connectivity index (χ3v) is 8.59. The summed E-state index contributed by atoms with van der Waals surface area (Å²) in [4.78, 5) is 11.8. The molecule has 0 aliphatic carbocycles. The van der Waals surface area contributed by atoms with Crippen LogP contribution in [0.5, 0.6) is 23.0 Å². The molecular formula is C32H47NO6PS+. The number of para-hydroxylation sites is 2. The molecule has 0 saturated carbocycles. The largest absolute Gasteiger partial charge is 0.585 e. The van der Waals surface area contributed by atoms with Crippen molar-refractivity contribution in [3.63, 3.8) is 0 Å². The minimum Gasteiger partial charge on any atom is -0.490 e. The van der Waals surface area contributed by atoms with E-state index >= 15 is 0 Å². The van der Waals surface area contributed by atoms with Gasteiger partial charge in [0.1, 0.15) is 5.75 Å². The summed E-state index contributed by atoms with van der Waals surface area (Å²) < 4.78 is 37.5. The number of aryl methyl sites for hydroxylation is 1. The Morgan fingerprint density at radius 1 is 0.805 bits per heavy atom. The number of thiazole rings is 1. The van der Waals surface area contributed by atoms with Gasteiger partial charge in [0.25, 0.3) is 0 Å². The summed E-state index contributed by atoms with van der Waals surface area (Å²) in [6.07, 6.45) is 17.3. The van der Waals surface area contributed by atoms with Gasteiger partial charge >= 0.3 is 7.82 Å². The average Bonchev–Trinajstić information content (AvgIpc) is 3.36. The zero-order valence-corrected chi connectivity index (χ0v) is 26.6. The number of ether oxygens (including phenoxy) is 2. The van der Waals surface area contributed by atoms with E-state index in [1.54, 1.807) is 41.7 Å². The number of nitrogens with zero attached hydrogens (tertiary/aromatic N) is 1. The molecule has 0 aliphatic rings. The predicted molar refractivity (Wildman–Crippen MR) is 165 cm³/mol. The smallest absolute Gasteiger partial charge is 0.490 e. The SMILES string of the molecule is CCCCCCCCCCCCCCOc1cccc(OP(=O)(O)Oc2ccccc2C[n+]2csc(C)c2)c1OC. The standard InChI is InChI=1S/C32H46NO6PS/c1-4-5-6-7-8-9-10-11-12-13-14-17-23-37-30-21-18-22-31(32(30)36-3)39-40(34,35)38-29-20-16-15-19-28(29)25-33-24-27(2)41-26-33/h15-16,18-22,24,26H,4-14,17,23,25H2,1-3H3/p+1. The highest BCUT2D eigenvalue weighted by Crippen LogP contribution is 2.49. The summed E-state index contributed by atoms with van der Waals surface area (Å²) >= 11 is 1.63. The summed E-state index contributed by atoms with van der Waals surface area (Å²) in [6.45, 7) is 5.33. The maximum atomic E-state index is 13.0. The van der Waals surface area contributed by atoms with Crippen LogP contribution >= 0.6 is 19.2 Å². The van der Waals surface area contributed by atoms with Gasteiger partial charge in [-0.3, -0.25) is 4.89 Å². The lowest BCUT2D eigenvalue weighted by atomic mass is 10.1. The molecule has 1 N–H and O–H groups in total. The summed E-state index contributed by atoms with van der Waals surface area (Å²) in [5, 5.41) is 0. The molecule has 0 radical (unpaired) electrons. The van der Waals surface area contributed by atoms with Crippen LogP contribution < -0.4 is 23.1 Å². The second-order valence-electron chi connectivity index (χ2n) is 10.4. The van der Waals surface area contributed by atoms with E-state index in [4.69, 9.17) is 18.5 Å². The van der Waals surface area contributed by atoms with Crippen LogP contribution in [0.15, 0.2) is 54.2 Å². The van der Waals surface area contributed by atoms with Gasteiger partial charge in [0.2, 0.25) is 11.3 Å². The Morgan fingerprint density at radius 2 is 1.39 bits per heavy atom. The highest BCUT2D eigenvalue weighted by Gasteiger charge is 2.29. The molecule has 1 aromatic heterocycles. The van der Waals surface area contributed by atoms with Crippen LogP contribution in [0.3, 0.4) is 0 Å². The topological polar surface area (TPSA) is 78.1 Å². The Balaban J connectivity index is 1.45. The number of rotatable bonds is 21. The average molecular weight is 605 g/mol. The highest BCUT2D eigenvalue weighted by atomic mass is 32.1. The van der Waals surface area contributed by atoms with Gasteiger partial charge in [0.15, 0.2) is 24.2 Å². The van der Waals surface area contributed by atoms with E-state index in [0.29, 0.717) is 18.9 Å². The van der Waals surface area contributed by atoms with Gasteiger partial charge in [-0.05, 0) is 37.6 Å². The van der Waals surface area contributed by atoms with Crippen LogP contribution in [-0.4, -0.2) is 18.6 Å². The van der Waals surface area contributed by atoms with Crippen molar-refractivity contribution >= 4 is 19.2 Å². The number of phosphoric acid groups is 1. The van der Waals surface area contributed by atoms with E-state index in [0.717, 1.165) is 18.4 Å². The van der Waals surface area contributed by atoms with E-state index in [2.05, 4.69) is 6.92 Å².